The largest absolute Gasteiger partial charge is 0.457 e. The van der Waals surface area contributed by atoms with E-state index in [1.807, 2.05) is 56.5 Å². The second-order valence-electron chi connectivity index (χ2n) is 12.6. The maximum Gasteiger partial charge on any atom is 0.303 e. The average Bonchev–Trinajstić information content (AvgIpc) is 3.52. The molecule has 0 unspecified atom stereocenters. The van der Waals surface area contributed by atoms with Crippen molar-refractivity contribution in [3.63, 3.8) is 0 Å². The molecular formula is C36H40N2O7. The molecule has 1 aromatic heterocycles. The first-order chi connectivity index (χ1) is 21.4. The van der Waals surface area contributed by atoms with Gasteiger partial charge < -0.3 is 19.8 Å². The molecule has 2 aliphatic carbocycles. The van der Waals surface area contributed by atoms with E-state index in [4.69, 9.17) is 9.47 Å². The van der Waals surface area contributed by atoms with Crippen LogP contribution in [0, 0.1) is 29.1 Å². The molecule has 1 spiro atoms. The third-order valence-electron chi connectivity index (χ3n) is 9.56. The van der Waals surface area contributed by atoms with E-state index in [0.29, 0.717) is 24.0 Å². The third-order valence-corrected chi connectivity index (χ3v) is 9.56. The number of ether oxygens (including phenoxy) is 2. The number of carbonyl (C=O) groups excluding carboxylic acids is 5. The van der Waals surface area contributed by atoms with Crippen LogP contribution in [-0.2, 0) is 39.9 Å². The van der Waals surface area contributed by atoms with Gasteiger partial charge in [0.2, 0.25) is 11.7 Å². The van der Waals surface area contributed by atoms with E-state index < -0.39 is 70.8 Å². The lowest BCUT2D eigenvalue weighted by molar-refractivity contribution is -0.160. The summed E-state index contributed by atoms with van der Waals surface area (Å²) in [6.07, 6.45) is 8.47. The van der Waals surface area contributed by atoms with Gasteiger partial charge in [0.1, 0.15) is 11.5 Å². The van der Waals surface area contributed by atoms with Gasteiger partial charge in [-0.2, -0.15) is 0 Å². The van der Waals surface area contributed by atoms with Crippen LogP contribution in [-0.4, -0.2) is 52.6 Å². The Hall–Kier alpha value is -4.53. The summed E-state index contributed by atoms with van der Waals surface area (Å²) in [7, 11) is 0. The normalized spacial score (nSPS) is 34.6. The van der Waals surface area contributed by atoms with Crippen LogP contribution in [0.3, 0.4) is 0 Å². The minimum Gasteiger partial charge on any atom is -0.457 e. The van der Waals surface area contributed by atoms with Gasteiger partial charge >= 0.3 is 11.9 Å². The number of esters is 2. The Kier molecular flexibility index (Phi) is 8.83. The zero-order chi connectivity index (χ0) is 32.6. The van der Waals surface area contributed by atoms with Crippen molar-refractivity contribution in [2.24, 2.45) is 29.1 Å². The molecule has 2 fully saturated rings. The van der Waals surface area contributed by atoms with Gasteiger partial charge in [-0.25, -0.2) is 0 Å². The number of rotatable bonds is 4. The average molecular weight is 613 g/mol. The third kappa shape index (κ3) is 5.72. The Bertz CT molecular complexity index is 1660. The minimum absolute atomic E-state index is 0.0794. The van der Waals surface area contributed by atoms with Crippen molar-refractivity contribution in [2.75, 3.05) is 0 Å². The molecule has 236 valence electrons. The van der Waals surface area contributed by atoms with Crippen LogP contribution in [0.4, 0.5) is 0 Å². The molecule has 1 saturated heterocycles. The van der Waals surface area contributed by atoms with Crippen LogP contribution in [0.15, 0.2) is 78.6 Å². The standard InChI is InChI=1S/C36H40N2O7/c1-19-10-9-12-27-34(45-24(6)40)22(4)21(3)32-29(17-25-18-37-28-13-8-7-11-26(25)28)38-35(43)36(27,32)31(42)15-14-30(41)33(20(2)16-19)44-23(5)39/h7-9,11-16,18-19,21,27,29,32-34,37H,4,10,17H2,1-3,5-6H3,(H,38,43)/b12-9+,15-14+,20-16+/t19-,21+,27-,29-,32-,33+,34+,36+/m0/s1. The second kappa shape index (κ2) is 12.5. The van der Waals surface area contributed by atoms with Crippen molar-refractivity contribution in [1.29, 1.82) is 0 Å². The van der Waals surface area contributed by atoms with Crippen LogP contribution < -0.4 is 5.32 Å². The maximum atomic E-state index is 14.6. The molecule has 1 saturated carbocycles. The molecule has 2 N–H and O–H groups in total. The fraction of sp³-hybridized carbons (Fsp3) is 0.417. The molecule has 0 bridgehead atoms. The number of amides is 1. The molecule has 5 rings (SSSR count). The lowest BCUT2D eigenvalue weighted by Crippen LogP contribution is -2.58. The Balaban J connectivity index is 1.67. The second-order valence-corrected chi connectivity index (χ2v) is 12.6. The van der Waals surface area contributed by atoms with E-state index in [0.717, 1.165) is 28.6 Å². The molecule has 45 heavy (non-hydrogen) atoms. The van der Waals surface area contributed by atoms with Gasteiger partial charge in [-0.05, 0) is 66.5 Å². The summed E-state index contributed by atoms with van der Waals surface area (Å²) >= 11 is 0. The number of hydrogen-bond acceptors (Lipinski definition) is 7. The van der Waals surface area contributed by atoms with Crippen LogP contribution >= 0.6 is 0 Å². The van der Waals surface area contributed by atoms with Crippen LogP contribution in [0.1, 0.15) is 46.6 Å². The van der Waals surface area contributed by atoms with Gasteiger partial charge in [-0.15, -0.1) is 0 Å². The Morgan fingerprint density at radius 3 is 2.47 bits per heavy atom. The number of nitrogens with one attached hydrogen (secondary N) is 2. The highest BCUT2D eigenvalue weighted by Crippen LogP contribution is 2.57. The van der Waals surface area contributed by atoms with E-state index in [1.165, 1.54) is 13.8 Å². The van der Waals surface area contributed by atoms with Gasteiger partial charge in [0.25, 0.3) is 0 Å². The molecule has 3 aliphatic rings. The highest BCUT2D eigenvalue weighted by molar-refractivity contribution is 6.15. The summed E-state index contributed by atoms with van der Waals surface area (Å²) in [5.74, 6) is -4.78. The molecule has 1 aliphatic heterocycles. The van der Waals surface area contributed by atoms with E-state index in [-0.39, 0.29) is 5.92 Å². The molecule has 1 amide bonds. The first-order valence-corrected chi connectivity index (χ1v) is 15.4. The number of H-pyrrole nitrogens is 1. The topological polar surface area (TPSA) is 132 Å². The van der Waals surface area contributed by atoms with Crippen molar-refractivity contribution in [2.45, 2.75) is 65.7 Å². The van der Waals surface area contributed by atoms with E-state index in [1.54, 1.807) is 13.0 Å². The van der Waals surface area contributed by atoms with Crippen LogP contribution in [0.5, 0.6) is 0 Å². The summed E-state index contributed by atoms with van der Waals surface area (Å²) in [6, 6.07) is 7.42. The van der Waals surface area contributed by atoms with Crippen molar-refractivity contribution < 1.29 is 33.4 Å². The summed E-state index contributed by atoms with van der Waals surface area (Å²) in [6.45, 7) is 12.4. The lowest BCUT2D eigenvalue weighted by Gasteiger charge is -2.49. The van der Waals surface area contributed by atoms with Gasteiger partial charge in [-0.1, -0.05) is 56.9 Å². The van der Waals surface area contributed by atoms with Crippen molar-refractivity contribution >= 4 is 40.3 Å². The Morgan fingerprint density at radius 1 is 1.04 bits per heavy atom. The number of carbonyl (C=O) groups is 5. The molecule has 1 aromatic carbocycles. The van der Waals surface area contributed by atoms with Gasteiger partial charge in [0.05, 0.1) is 0 Å². The molecular weight excluding hydrogens is 572 g/mol. The van der Waals surface area contributed by atoms with Crippen molar-refractivity contribution in [1.82, 2.24) is 10.3 Å². The first kappa shape index (κ1) is 31.9. The van der Waals surface area contributed by atoms with Gasteiger partial charge in [0.15, 0.2) is 11.9 Å². The Morgan fingerprint density at radius 2 is 1.76 bits per heavy atom. The number of allylic oxidation sites excluding steroid dienone is 3. The molecule has 8 atom stereocenters. The smallest absolute Gasteiger partial charge is 0.303 e. The molecule has 2 heterocycles. The molecule has 2 aromatic rings. The number of aromatic amines is 1. The molecule has 0 radical (unpaired) electrons. The number of aromatic nitrogens is 1. The predicted octanol–water partition coefficient (Wildman–Crippen LogP) is 4.73. The van der Waals surface area contributed by atoms with Crippen molar-refractivity contribution in [3.8, 4) is 0 Å². The highest BCUT2D eigenvalue weighted by atomic mass is 16.5. The van der Waals surface area contributed by atoms with E-state index >= 15 is 0 Å². The van der Waals surface area contributed by atoms with Gasteiger partial charge in [0, 0.05) is 48.8 Å². The van der Waals surface area contributed by atoms with E-state index in [9.17, 15) is 24.0 Å². The maximum absolute atomic E-state index is 14.6. The molecule has 9 heteroatoms. The zero-order valence-corrected chi connectivity index (χ0v) is 26.3. The SMILES string of the molecule is C=C1[C@@H](C)[C@H]2[C@H](Cc3c[nH]c4ccccc34)NC(=O)[C@]23C(=O)/C=C/C(=O)[C@H](OC(C)=O)/C(C)=C/[C@@H](C)C/C=C/[C@H]3[C@@H]1OC(C)=O. The summed E-state index contributed by atoms with van der Waals surface area (Å²) in [5.41, 5.74) is 1.40. The fourth-order valence-electron chi connectivity index (χ4n) is 7.63. The fourth-order valence-corrected chi connectivity index (χ4v) is 7.63. The predicted molar refractivity (Wildman–Crippen MR) is 169 cm³/mol. The van der Waals surface area contributed by atoms with Gasteiger partial charge in [-0.3, -0.25) is 24.0 Å². The number of fused-ring (bicyclic) bond motifs is 1. The summed E-state index contributed by atoms with van der Waals surface area (Å²) < 4.78 is 11.2. The van der Waals surface area contributed by atoms with Crippen LogP contribution in [0.2, 0.25) is 0 Å². The number of benzene rings is 1. The quantitative estimate of drug-likeness (QED) is 0.290. The lowest BCUT2D eigenvalue weighted by atomic mass is 9.52. The van der Waals surface area contributed by atoms with Crippen molar-refractivity contribution in [3.05, 3.63) is 84.1 Å². The highest BCUT2D eigenvalue weighted by Gasteiger charge is 2.69. The Labute approximate surface area is 262 Å². The monoisotopic (exact) mass is 612 g/mol. The summed E-state index contributed by atoms with van der Waals surface area (Å²) in [4.78, 5) is 70.0. The number of para-hydroxylation sites is 1. The molecule has 9 nitrogen and oxygen atoms in total. The minimum atomic E-state index is -1.71. The van der Waals surface area contributed by atoms with E-state index in [2.05, 4.69) is 16.9 Å². The zero-order valence-electron chi connectivity index (χ0n) is 26.3. The number of ketones is 2. The van der Waals surface area contributed by atoms with Crippen LogP contribution in [0.25, 0.3) is 10.9 Å². The summed E-state index contributed by atoms with van der Waals surface area (Å²) in [5, 5.41) is 4.16. The first-order valence-electron chi connectivity index (χ1n) is 15.4. The number of hydrogen-bond donors (Lipinski definition) is 2.